The summed E-state index contributed by atoms with van der Waals surface area (Å²) in [5.74, 6) is 0. The molecule has 0 saturated carbocycles. The highest BCUT2D eigenvalue weighted by atomic mass is 14.7. The van der Waals surface area contributed by atoms with Crippen LogP contribution in [0.2, 0.25) is 0 Å². The number of nitrogens with zero attached hydrogens (tertiary/aromatic N) is 2. The largest absolute Gasteiger partial charge is 0.264 e. The lowest BCUT2D eigenvalue weighted by Gasteiger charge is -2.19. The summed E-state index contributed by atoms with van der Waals surface area (Å²) in [6.07, 6.45) is 5.74. The molecule has 9 rings (SSSR count). The quantitative estimate of drug-likeness (QED) is 0.192. The summed E-state index contributed by atoms with van der Waals surface area (Å²) in [4.78, 5) is 9.17. The molecule has 214 valence electrons. The van der Waals surface area contributed by atoms with E-state index in [2.05, 4.69) is 151 Å². The maximum atomic E-state index is 4.77. The fourth-order valence-electron chi connectivity index (χ4n) is 7.08. The van der Waals surface area contributed by atoms with Crippen LogP contribution in [-0.2, 0) is 0 Å². The molecule has 2 heteroatoms. The third kappa shape index (κ3) is 4.27. The van der Waals surface area contributed by atoms with Gasteiger partial charge in [0.15, 0.2) is 0 Å². The second-order valence-corrected chi connectivity index (χ2v) is 11.8. The van der Waals surface area contributed by atoms with E-state index in [1.165, 1.54) is 65.5 Å². The predicted octanol–water partition coefficient (Wildman–Crippen LogP) is 11.8. The highest BCUT2D eigenvalue weighted by Gasteiger charge is 2.18. The van der Waals surface area contributed by atoms with E-state index in [0.717, 1.165) is 22.2 Å². The number of hydrogen-bond acceptors (Lipinski definition) is 2. The van der Waals surface area contributed by atoms with Crippen molar-refractivity contribution < 1.29 is 0 Å². The van der Waals surface area contributed by atoms with Crippen LogP contribution in [0.5, 0.6) is 0 Å². The van der Waals surface area contributed by atoms with E-state index in [1.54, 1.807) is 0 Å². The lowest BCUT2D eigenvalue weighted by molar-refractivity contribution is 1.33. The second kappa shape index (κ2) is 10.8. The Morgan fingerprint density at radius 2 is 0.913 bits per heavy atom. The Morgan fingerprint density at radius 1 is 0.348 bits per heavy atom. The molecule has 2 heterocycles. The van der Waals surface area contributed by atoms with E-state index in [-0.39, 0.29) is 0 Å². The van der Waals surface area contributed by atoms with Crippen molar-refractivity contribution in [2.45, 2.75) is 0 Å². The van der Waals surface area contributed by atoms with Gasteiger partial charge < -0.3 is 0 Å². The average molecular weight is 585 g/mol. The highest BCUT2D eigenvalue weighted by Crippen LogP contribution is 2.46. The van der Waals surface area contributed by atoms with E-state index in [0.29, 0.717) is 0 Å². The van der Waals surface area contributed by atoms with Crippen molar-refractivity contribution in [3.05, 3.63) is 170 Å². The molecule has 2 aromatic heterocycles. The van der Waals surface area contributed by atoms with Crippen LogP contribution in [0.4, 0.5) is 0 Å². The first-order chi connectivity index (χ1) is 22.8. The van der Waals surface area contributed by atoms with Gasteiger partial charge in [-0.3, -0.25) is 9.97 Å². The molecule has 0 unspecified atom stereocenters. The van der Waals surface area contributed by atoms with Crippen molar-refractivity contribution in [1.29, 1.82) is 0 Å². The first kappa shape index (κ1) is 26.3. The number of rotatable bonds is 4. The van der Waals surface area contributed by atoms with Crippen molar-refractivity contribution in [3.8, 4) is 44.6 Å². The zero-order chi connectivity index (χ0) is 30.5. The van der Waals surface area contributed by atoms with Gasteiger partial charge in [-0.25, -0.2) is 0 Å². The molecule has 0 aliphatic carbocycles. The number of pyridine rings is 2. The number of benzene rings is 7. The van der Waals surface area contributed by atoms with Crippen LogP contribution in [0.25, 0.3) is 87.7 Å². The SMILES string of the molecule is c1cncc(-c2cccc3c(-c4c5ccccc5c(-c5ccc(-c6cc7ccccc7cn6)cc5)c5ccccc45)cccc23)c1. The number of fused-ring (bicyclic) bond motifs is 4. The topological polar surface area (TPSA) is 25.8 Å². The third-order valence-corrected chi connectivity index (χ3v) is 9.20. The average Bonchev–Trinajstić information content (AvgIpc) is 3.13. The molecule has 0 fully saturated rings. The molecule has 0 N–H and O–H groups in total. The minimum atomic E-state index is 0.983. The molecular weight excluding hydrogens is 556 g/mol. The van der Waals surface area contributed by atoms with Gasteiger partial charge in [-0.05, 0) is 77.7 Å². The Bertz CT molecular complexity index is 2510. The molecule has 9 aromatic rings. The smallest absolute Gasteiger partial charge is 0.0708 e. The van der Waals surface area contributed by atoms with E-state index in [4.69, 9.17) is 4.98 Å². The standard InChI is InChI=1S/C44H28N2/c1-2-11-32-28-46-42(26-31(32)10-1)29-21-23-30(24-22-29)43-38-13-3-5-15-40(38)44(41-16-6-4-14-39(41)43)37-20-8-18-35-34(17-7-19-36(35)37)33-12-9-25-45-27-33/h1-28H. The van der Waals surface area contributed by atoms with E-state index < -0.39 is 0 Å². The normalized spacial score (nSPS) is 11.5. The van der Waals surface area contributed by atoms with Gasteiger partial charge in [-0.1, -0.05) is 140 Å². The zero-order valence-corrected chi connectivity index (χ0v) is 25.1. The number of aromatic nitrogens is 2. The molecule has 0 aliphatic heterocycles. The molecule has 0 saturated heterocycles. The van der Waals surface area contributed by atoms with Crippen molar-refractivity contribution in [2.24, 2.45) is 0 Å². The van der Waals surface area contributed by atoms with Crippen molar-refractivity contribution in [3.63, 3.8) is 0 Å². The summed E-state index contributed by atoms with van der Waals surface area (Å²) in [5.41, 5.74) is 9.36. The van der Waals surface area contributed by atoms with Crippen LogP contribution in [0.1, 0.15) is 0 Å². The summed E-state index contributed by atoms with van der Waals surface area (Å²) < 4.78 is 0. The zero-order valence-electron chi connectivity index (χ0n) is 25.1. The van der Waals surface area contributed by atoms with Gasteiger partial charge in [-0.2, -0.15) is 0 Å². The van der Waals surface area contributed by atoms with Crippen LogP contribution >= 0.6 is 0 Å². The first-order valence-electron chi connectivity index (χ1n) is 15.6. The molecule has 7 aromatic carbocycles. The maximum absolute atomic E-state index is 4.77. The molecule has 0 aliphatic rings. The first-order valence-corrected chi connectivity index (χ1v) is 15.6. The number of hydrogen-bond donors (Lipinski definition) is 0. The monoisotopic (exact) mass is 584 g/mol. The lowest BCUT2D eigenvalue weighted by Crippen LogP contribution is -1.92. The maximum Gasteiger partial charge on any atom is 0.0708 e. The lowest BCUT2D eigenvalue weighted by atomic mass is 9.84. The van der Waals surface area contributed by atoms with Crippen LogP contribution < -0.4 is 0 Å². The van der Waals surface area contributed by atoms with Gasteiger partial charge in [0.05, 0.1) is 5.69 Å². The second-order valence-electron chi connectivity index (χ2n) is 11.8. The summed E-state index contributed by atoms with van der Waals surface area (Å²) in [6, 6.07) is 54.6. The Morgan fingerprint density at radius 3 is 1.59 bits per heavy atom. The molecular formula is C44H28N2. The van der Waals surface area contributed by atoms with E-state index in [1.807, 2.05) is 24.7 Å². The van der Waals surface area contributed by atoms with Gasteiger partial charge in [0, 0.05) is 35.1 Å². The summed E-state index contributed by atoms with van der Waals surface area (Å²) in [7, 11) is 0. The summed E-state index contributed by atoms with van der Waals surface area (Å²) in [6.45, 7) is 0. The predicted molar refractivity (Wildman–Crippen MR) is 194 cm³/mol. The van der Waals surface area contributed by atoms with Crippen molar-refractivity contribution in [2.75, 3.05) is 0 Å². The molecule has 0 atom stereocenters. The van der Waals surface area contributed by atoms with Crippen LogP contribution in [0.3, 0.4) is 0 Å². The molecule has 0 amide bonds. The minimum absolute atomic E-state index is 0.983. The minimum Gasteiger partial charge on any atom is -0.264 e. The van der Waals surface area contributed by atoms with Crippen LogP contribution in [0, 0.1) is 0 Å². The van der Waals surface area contributed by atoms with Gasteiger partial charge >= 0.3 is 0 Å². The van der Waals surface area contributed by atoms with Gasteiger partial charge in [0.25, 0.3) is 0 Å². The van der Waals surface area contributed by atoms with Gasteiger partial charge in [0.2, 0.25) is 0 Å². The molecule has 0 bridgehead atoms. The Hall–Kier alpha value is -6.12. The molecule has 2 nitrogen and oxygen atoms in total. The van der Waals surface area contributed by atoms with E-state index in [9.17, 15) is 0 Å². The molecule has 0 radical (unpaired) electrons. The summed E-state index contributed by atoms with van der Waals surface area (Å²) >= 11 is 0. The molecule has 46 heavy (non-hydrogen) atoms. The third-order valence-electron chi connectivity index (χ3n) is 9.20. The van der Waals surface area contributed by atoms with Crippen LogP contribution in [0.15, 0.2) is 170 Å². The highest BCUT2D eigenvalue weighted by molar-refractivity contribution is 6.24. The van der Waals surface area contributed by atoms with Crippen molar-refractivity contribution in [1.82, 2.24) is 9.97 Å². The fourth-order valence-corrected chi connectivity index (χ4v) is 7.08. The Kier molecular flexibility index (Phi) is 6.17. The van der Waals surface area contributed by atoms with Crippen molar-refractivity contribution >= 4 is 43.1 Å². The molecule has 0 spiro atoms. The van der Waals surface area contributed by atoms with Crippen LogP contribution in [-0.4, -0.2) is 9.97 Å². The summed E-state index contributed by atoms with van der Waals surface area (Å²) in [5, 5.41) is 9.79. The van der Waals surface area contributed by atoms with E-state index >= 15 is 0 Å². The fraction of sp³-hybridized carbons (Fsp3) is 0. The Labute approximate surface area is 267 Å². The Balaban J connectivity index is 1.26. The van der Waals surface area contributed by atoms with Gasteiger partial charge in [-0.15, -0.1) is 0 Å². The van der Waals surface area contributed by atoms with Gasteiger partial charge in [0.1, 0.15) is 0 Å².